The topological polar surface area (TPSA) is 126 Å². The van der Waals surface area contributed by atoms with E-state index in [9.17, 15) is 22.8 Å². The summed E-state index contributed by atoms with van der Waals surface area (Å²) >= 11 is 0. The monoisotopic (exact) mass is 578 g/mol. The first-order valence-electron chi connectivity index (χ1n) is 13.4. The third kappa shape index (κ3) is 5.20. The molecule has 41 heavy (non-hydrogen) atoms. The van der Waals surface area contributed by atoms with Crippen LogP contribution in [0.3, 0.4) is 0 Å². The van der Waals surface area contributed by atoms with Crippen LogP contribution in [-0.2, 0) is 26.2 Å². The second-order valence-corrected chi connectivity index (χ2v) is 12.3. The van der Waals surface area contributed by atoms with Crippen molar-refractivity contribution in [1.82, 2.24) is 19.5 Å². The summed E-state index contributed by atoms with van der Waals surface area (Å²) in [5.41, 5.74) is 1.28. The zero-order chi connectivity index (χ0) is 28.7. The summed E-state index contributed by atoms with van der Waals surface area (Å²) in [6, 6.07) is 13.5. The van der Waals surface area contributed by atoms with E-state index in [1.807, 2.05) is 0 Å². The van der Waals surface area contributed by atoms with E-state index in [2.05, 4.69) is 10.3 Å². The van der Waals surface area contributed by atoms with Crippen LogP contribution < -0.4 is 10.1 Å². The number of pyridine rings is 1. The number of benzene rings is 2. The maximum atomic E-state index is 15.2. The number of hydrogen-bond acceptors (Lipinski definition) is 7. The van der Waals surface area contributed by atoms with Crippen LogP contribution >= 0.6 is 0 Å². The lowest BCUT2D eigenvalue weighted by atomic mass is 9.88. The Morgan fingerprint density at radius 2 is 1.73 bits per heavy atom. The molecule has 1 unspecified atom stereocenters. The summed E-state index contributed by atoms with van der Waals surface area (Å²) in [7, 11) is -3.76. The van der Waals surface area contributed by atoms with Gasteiger partial charge < -0.3 is 9.64 Å². The molecule has 3 aromatic rings. The lowest BCUT2D eigenvalue weighted by molar-refractivity contribution is -0.136. The fourth-order valence-corrected chi connectivity index (χ4v) is 7.15. The molecular weight excluding hydrogens is 551 g/mol. The highest BCUT2D eigenvalue weighted by molar-refractivity contribution is 7.89. The highest BCUT2D eigenvalue weighted by Crippen LogP contribution is 2.36. The van der Waals surface area contributed by atoms with Gasteiger partial charge in [0, 0.05) is 43.9 Å². The highest BCUT2D eigenvalue weighted by Gasteiger charge is 2.40. The SMILES string of the molecule is O=C1CCC(N2Cc3cc(C4CCN(S(=O)(=O)c5ccc(Oc6ccccn6)cc5)CC4)c(F)cc3C2=O)C(=O)N1. The molecule has 0 radical (unpaired) electrons. The fraction of sp³-hybridized carbons (Fsp3) is 0.310. The van der Waals surface area contributed by atoms with E-state index in [0.29, 0.717) is 35.6 Å². The minimum Gasteiger partial charge on any atom is -0.439 e. The third-order valence-electron chi connectivity index (χ3n) is 7.86. The van der Waals surface area contributed by atoms with Gasteiger partial charge in [-0.3, -0.25) is 19.7 Å². The summed E-state index contributed by atoms with van der Waals surface area (Å²) in [4.78, 5) is 42.4. The van der Waals surface area contributed by atoms with Gasteiger partial charge in [0.05, 0.1) is 4.90 Å². The first kappa shape index (κ1) is 27.0. The normalized spacial score (nSPS) is 20.2. The van der Waals surface area contributed by atoms with Gasteiger partial charge in [0.25, 0.3) is 5.91 Å². The van der Waals surface area contributed by atoms with Crippen molar-refractivity contribution in [2.45, 2.75) is 49.1 Å². The van der Waals surface area contributed by atoms with Gasteiger partial charge in [0.2, 0.25) is 27.7 Å². The number of nitrogens with zero attached hydrogens (tertiary/aromatic N) is 3. The number of aromatic nitrogens is 1. The maximum absolute atomic E-state index is 15.2. The van der Waals surface area contributed by atoms with Crippen molar-refractivity contribution in [1.29, 1.82) is 0 Å². The van der Waals surface area contributed by atoms with Gasteiger partial charge in [-0.2, -0.15) is 4.31 Å². The summed E-state index contributed by atoms with van der Waals surface area (Å²) in [6.07, 6.45) is 2.80. The van der Waals surface area contributed by atoms with Crippen molar-refractivity contribution < 1.29 is 31.9 Å². The first-order chi connectivity index (χ1) is 19.7. The van der Waals surface area contributed by atoms with Crippen LogP contribution in [0.1, 0.15) is 53.1 Å². The summed E-state index contributed by atoms with van der Waals surface area (Å²) in [6.45, 7) is 0.592. The molecule has 0 spiro atoms. The van der Waals surface area contributed by atoms with Crippen molar-refractivity contribution in [3.63, 3.8) is 0 Å². The summed E-state index contributed by atoms with van der Waals surface area (Å²) in [5.74, 6) is -1.21. The fourth-order valence-electron chi connectivity index (χ4n) is 5.69. The number of rotatable bonds is 6. The van der Waals surface area contributed by atoms with Crippen molar-refractivity contribution in [2.24, 2.45) is 0 Å². The highest BCUT2D eigenvalue weighted by atomic mass is 32.2. The van der Waals surface area contributed by atoms with Crippen molar-refractivity contribution in [3.8, 4) is 11.6 Å². The second kappa shape index (κ2) is 10.7. The average molecular weight is 579 g/mol. The van der Waals surface area contributed by atoms with Crippen molar-refractivity contribution >= 4 is 27.7 Å². The molecule has 3 amide bonds. The zero-order valence-corrected chi connectivity index (χ0v) is 22.8. The lowest BCUT2D eigenvalue weighted by Crippen LogP contribution is -2.52. The number of halogens is 1. The van der Waals surface area contributed by atoms with Crippen LogP contribution in [0.5, 0.6) is 11.6 Å². The Morgan fingerprint density at radius 3 is 2.41 bits per heavy atom. The zero-order valence-electron chi connectivity index (χ0n) is 22.0. The minimum absolute atomic E-state index is 0.139. The Hall–Kier alpha value is -4.16. The molecule has 6 rings (SSSR count). The number of carbonyl (C=O) groups is 3. The van der Waals surface area contributed by atoms with E-state index in [0.717, 1.165) is 0 Å². The molecule has 12 heteroatoms. The largest absolute Gasteiger partial charge is 0.439 e. The maximum Gasteiger partial charge on any atom is 0.255 e. The molecule has 3 aliphatic heterocycles. The average Bonchev–Trinajstić information content (AvgIpc) is 3.28. The van der Waals surface area contributed by atoms with Gasteiger partial charge in [-0.15, -0.1) is 0 Å². The number of imide groups is 1. The van der Waals surface area contributed by atoms with E-state index in [-0.39, 0.29) is 54.8 Å². The van der Waals surface area contributed by atoms with Gasteiger partial charge in [0.15, 0.2) is 0 Å². The molecule has 2 saturated heterocycles. The van der Waals surface area contributed by atoms with Crippen LogP contribution in [0.4, 0.5) is 4.39 Å². The number of fused-ring (bicyclic) bond motifs is 1. The Bertz CT molecular complexity index is 1620. The van der Waals surface area contributed by atoms with E-state index in [1.54, 1.807) is 42.6 Å². The first-order valence-corrected chi connectivity index (χ1v) is 14.8. The number of carbonyl (C=O) groups excluding carboxylic acids is 3. The van der Waals surface area contributed by atoms with E-state index < -0.39 is 33.7 Å². The van der Waals surface area contributed by atoms with Crippen molar-refractivity contribution in [2.75, 3.05) is 13.1 Å². The Labute approximate surface area is 236 Å². The van der Waals surface area contributed by atoms with Gasteiger partial charge >= 0.3 is 0 Å². The van der Waals surface area contributed by atoms with E-state index >= 15 is 4.39 Å². The molecule has 2 fully saturated rings. The molecule has 1 atom stereocenters. The number of ether oxygens (including phenoxy) is 1. The summed E-state index contributed by atoms with van der Waals surface area (Å²) in [5, 5.41) is 2.26. The van der Waals surface area contributed by atoms with Crippen LogP contribution in [0.25, 0.3) is 0 Å². The van der Waals surface area contributed by atoms with Crippen LogP contribution in [-0.4, -0.2) is 59.5 Å². The quantitative estimate of drug-likeness (QED) is 0.445. The number of amides is 3. The van der Waals surface area contributed by atoms with E-state index in [1.165, 1.54) is 27.4 Å². The molecular formula is C29H27FN4O6S. The Balaban J connectivity index is 1.12. The number of piperidine rings is 2. The van der Waals surface area contributed by atoms with Crippen LogP contribution in [0, 0.1) is 5.82 Å². The molecule has 3 aliphatic rings. The van der Waals surface area contributed by atoms with Crippen LogP contribution in [0.2, 0.25) is 0 Å². The number of hydrogen-bond donors (Lipinski definition) is 1. The predicted octanol–water partition coefficient (Wildman–Crippen LogP) is 3.34. The predicted molar refractivity (Wildman–Crippen MR) is 144 cm³/mol. The third-order valence-corrected chi connectivity index (χ3v) is 9.77. The second-order valence-electron chi connectivity index (χ2n) is 10.4. The molecule has 0 aliphatic carbocycles. The van der Waals surface area contributed by atoms with Gasteiger partial charge in [0.1, 0.15) is 17.6 Å². The Morgan fingerprint density at radius 1 is 0.976 bits per heavy atom. The molecule has 1 aromatic heterocycles. The molecule has 1 N–H and O–H groups in total. The van der Waals surface area contributed by atoms with Gasteiger partial charge in [-0.05, 0) is 72.7 Å². The van der Waals surface area contributed by atoms with Crippen LogP contribution in [0.15, 0.2) is 65.7 Å². The van der Waals surface area contributed by atoms with E-state index in [4.69, 9.17) is 4.74 Å². The summed E-state index contributed by atoms with van der Waals surface area (Å²) < 4.78 is 48.9. The molecule has 10 nitrogen and oxygen atoms in total. The standard InChI is InChI=1S/C29H27FN4O6S/c30-24-16-23-19(17-34(29(23)37)25-8-9-26(35)32-28(25)36)15-22(24)18-10-13-33(14-11-18)41(38,39)21-6-4-20(5-7-21)40-27-3-1-2-12-31-27/h1-7,12,15-16,18,25H,8-11,13-14,17H2,(H,32,35,36). The Kier molecular flexibility index (Phi) is 7.04. The minimum atomic E-state index is -3.76. The molecule has 0 bridgehead atoms. The lowest BCUT2D eigenvalue weighted by Gasteiger charge is -2.31. The molecule has 212 valence electrons. The van der Waals surface area contributed by atoms with Gasteiger partial charge in [-0.1, -0.05) is 12.1 Å². The smallest absolute Gasteiger partial charge is 0.255 e. The molecule has 2 aromatic carbocycles. The molecule has 4 heterocycles. The number of sulfonamides is 1. The number of nitrogens with one attached hydrogen (secondary N) is 1. The molecule has 0 saturated carbocycles. The van der Waals surface area contributed by atoms with Gasteiger partial charge in [-0.25, -0.2) is 17.8 Å². The van der Waals surface area contributed by atoms with Crippen molar-refractivity contribution in [3.05, 3.63) is 83.3 Å².